The summed E-state index contributed by atoms with van der Waals surface area (Å²) in [5, 5.41) is 4.09. The first-order chi connectivity index (χ1) is 9.47. The number of aryl methyl sites for hydroxylation is 2. The van der Waals surface area contributed by atoms with Crippen LogP contribution < -0.4 is 11.1 Å². The topological polar surface area (TPSA) is 50.9 Å². The first kappa shape index (κ1) is 14.8. The lowest BCUT2D eigenvalue weighted by molar-refractivity contribution is 1.09. The predicted octanol–water partition coefficient (Wildman–Crippen LogP) is 3.60. The van der Waals surface area contributed by atoms with E-state index in [9.17, 15) is 0 Å². The molecule has 3 nitrogen and oxygen atoms in total. The van der Waals surface area contributed by atoms with E-state index in [4.69, 9.17) is 29.6 Å². The lowest BCUT2D eigenvalue weighted by Crippen LogP contribution is -2.16. The van der Waals surface area contributed by atoms with Crippen LogP contribution in [0.25, 0.3) is 0 Å². The second-order valence-corrected chi connectivity index (χ2v) is 5.49. The number of anilines is 1. The highest BCUT2D eigenvalue weighted by atomic mass is 35.5. The van der Waals surface area contributed by atoms with Gasteiger partial charge in [0.05, 0.1) is 5.56 Å². The Balaban J connectivity index is 2.24. The minimum Gasteiger partial charge on any atom is -0.389 e. The third-order valence-electron chi connectivity index (χ3n) is 2.97. The smallest absolute Gasteiger partial charge is 0.107 e. The highest BCUT2D eigenvalue weighted by Gasteiger charge is 2.10. The van der Waals surface area contributed by atoms with Gasteiger partial charge >= 0.3 is 0 Å². The van der Waals surface area contributed by atoms with Crippen LogP contribution in [0, 0.1) is 13.8 Å². The summed E-state index contributed by atoms with van der Waals surface area (Å²) in [7, 11) is 0. The van der Waals surface area contributed by atoms with Crippen LogP contribution in [0.5, 0.6) is 0 Å². The maximum atomic E-state index is 5.87. The van der Waals surface area contributed by atoms with Crippen LogP contribution in [0.2, 0.25) is 5.02 Å². The SMILES string of the molecule is Cc1cc(NCc2ccc(Cl)cc2)c(C(N)=S)c(C)n1. The first-order valence-corrected chi connectivity index (χ1v) is 7.02. The molecule has 0 saturated carbocycles. The van der Waals surface area contributed by atoms with Crippen molar-refractivity contribution in [2.75, 3.05) is 5.32 Å². The summed E-state index contributed by atoms with van der Waals surface area (Å²) < 4.78 is 0. The molecule has 3 N–H and O–H groups in total. The fourth-order valence-corrected chi connectivity index (χ4v) is 2.46. The van der Waals surface area contributed by atoms with Crippen LogP contribution in [0.4, 0.5) is 5.69 Å². The average Bonchev–Trinajstić information content (AvgIpc) is 2.36. The minimum atomic E-state index is 0.355. The second kappa shape index (κ2) is 6.20. The van der Waals surface area contributed by atoms with E-state index in [0.717, 1.165) is 33.2 Å². The molecule has 0 amide bonds. The molecule has 2 aromatic rings. The molecule has 104 valence electrons. The van der Waals surface area contributed by atoms with Crippen molar-refractivity contribution in [3.63, 3.8) is 0 Å². The standard InChI is InChI=1S/C15H16ClN3S/c1-9-7-13(14(15(17)20)10(2)19-9)18-8-11-3-5-12(16)6-4-11/h3-7H,8H2,1-2H3,(H2,17,20)(H,18,19). The van der Waals surface area contributed by atoms with Crippen molar-refractivity contribution in [2.24, 2.45) is 5.73 Å². The quantitative estimate of drug-likeness (QED) is 0.848. The number of hydrogen-bond donors (Lipinski definition) is 2. The van der Waals surface area contributed by atoms with E-state index in [1.165, 1.54) is 0 Å². The molecule has 0 aliphatic rings. The molecule has 1 aromatic heterocycles. The molecule has 0 atom stereocenters. The fraction of sp³-hybridized carbons (Fsp3) is 0.200. The molecule has 0 bridgehead atoms. The highest BCUT2D eigenvalue weighted by Crippen LogP contribution is 2.21. The summed E-state index contributed by atoms with van der Waals surface area (Å²) in [6.07, 6.45) is 0. The van der Waals surface area contributed by atoms with Gasteiger partial charge in [-0.05, 0) is 37.6 Å². The monoisotopic (exact) mass is 305 g/mol. The Labute approximate surface area is 129 Å². The van der Waals surface area contributed by atoms with E-state index in [1.54, 1.807) is 0 Å². The number of thiocarbonyl (C=S) groups is 1. The molecule has 5 heteroatoms. The third kappa shape index (κ3) is 3.46. The van der Waals surface area contributed by atoms with Gasteiger partial charge in [-0.2, -0.15) is 0 Å². The van der Waals surface area contributed by atoms with Crippen molar-refractivity contribution >= 4 is 34.5 Å². The van der Waals surface area contributed by atoms with E-state index in [0.29, 0.717) is 11.5 Å². The molecular weight excluding hydrogens is 290 g/mol. The molecule has 0 aliphatic heterocycles. The Morgan fingerprint density at radius 2 is 1.95 bits per heavy atom. The summed E-state index contributed by atoms with van der Waals surface area (Å²) >= 11 is 11.0. The van der Waals surface area contributed by atoms with Crippen molar-refractivity contribution in [1.29, 1.82) is 0 Å². The zero-order valence-corrected chi connectivity index (χ0v) is 13.0. The van der Waals surface area contributed by atoms with Gasteiger partial charge in [-0.15, -0.1) is 0 Å². The average molecular weight is 306 g/mol. The van der Waals surface area contributed by atoms with Gasteiger partial charge in [-0.1, -0.05) is 36.0 Å². The molecule has 1 aromatic carbocycles. The first-order valence-electron chi connectivity index (χ1n) is 6.23. The van der Waals surface area contributed by atoms with E-state index >= 15 is 0 Å². The Hall–Kier alpha value is -1.65. The number of nitrogens with zero attached hydrogens (tertiary/aromatic N) is 1. The van der Waals surface area contributed by atoms with Crippen molar-refractivity contribution < 1.29 is 0 Å². The van der Waals surface area contributed by atoms with E-state index in [-0.39, 0.29) is 0 Å². The van der Waals surface area contributed by atoms with Gasteiger partial charge in [0.1, 0.15) is 4.99 Å². The Bertz CT molecular complexity index is 638. The molecule has 0 saturated heterocycles. The van der Waals surface area contributed by atoms with Crippen LogP contribution >= 0.6 is 23.8 Å². The van der Waals surface area contributed by atoms with E-state index < -0.39 is 0 Å². The van der Waals surface area contributed by atoms with Gasteiger partial charge < -0.3 is 11.1 Å². The molecule has 20 heavy (non-hydrogen) atoms. The van der Waals surface area contributed by atoms with E-state index in [2.05, 4.69) is 10.3 Å². The number of nitrogens with one attached hydrogen (secondary N) is 1. The number of nitrogens with two attached hydrogens (primary N) is 1. The largest absolute Gasteiger partial charge is 0.389 e. The summed E-state index contributed by atoms with van der Waals surface area (Å²) in [4.78, 5) is 4.75. The maximum Gasteiger partial charge on any atom is 0.107 e. The van der Waals surface area contributed by atoms with Crippen LogP contribution in [0.1, 0.15) is 22.5 Å². The lowest BCUT2D eigenvalue weighted by Gasteiger charge is -2.14. The van der Waals surface area contributed by atoms with Crippen LogP contribution in [-0.4, -0.2) is 9.97 Å². The van der Waals surface area contributed by atoms with Gasteiger partial charge in [0.25, 0.3) is 0 Å². The fourth-order valence-electron chi connectivity index (χ4n) is 2.08. The van der Waals surface area contributed by atoms with Crippen molar-refractivity contribution in [3.05, 3.63) is 57.9 Å². The zero-order valence-electron chi connectivity index (χ0n) is 11.4. The number of pyridine rings is 1. The maximum absolute atomic E-state index is 5.87. The van der Waals surface area contributed by atoms with Crippen molar-refractivity contribution in [2.45, 2.75) is 20.4 Å². The zero-order chi connectivity index (χ0) is 14.7. The van der Waals surface area contributed by atoms with Gasteiger partial charge in [0, 0.05) is 28.6 Å². The molecule has 0 fully saturated rings. The molecule has 2 rings (SSSR count). The Morgan fingerprint density at radius 1 is 1.30 bits per heavy atom. The molecule has 0 unspecified atom stereocenters. The Morgan fingerprint density at radius 3 is 2.55 bits per heavy atom. The molecule has 0 spiro atoms. The van der Waals surface area contributed by atoms with Gasteiger partial charge in [0.2, 0.25) is 0 Å². The molecule has 1 heterocycles. The van der Waals surface area contributed by atoms with Gasteiger partial charge in [-0.25, -0.2) is 0 Å². The Kier molecular flexibility index (Phi) is 4.57. The number of rotatable bonds is 4. The second-order valence-electron chi connectivity index (χ2n) is 4.62. The number of aromatic nitrogens is 1. The van der Waals surface area contributed by atoms with Crippen LogP contribution in [-0.2, 0) is 6.54 Å². The molecule has 0 aliphatic carbocycles. The molecule has 0 radical (unpaired) electrons. The molecular formula is C15H16ClN3S. The number of benzene rings is 1. The minimum absolute atomic E-state index is 0.355. The van der Waals surface area contributed by atoms with Crippen LogP contribution in [0.15, 0.2) is 30.3 Å². The third-order valence-corrected chi connectivity index (χ3v) is 3.43. The predicted molar refractivity (Wildman–Crippen MR) is 88.4 cm³/mol. The number of hydrogen-bond acceptors (Lipinski definition) is 3. The van der Waals surface area contributed by atoms with Crippen molar-refractivity contribution in [3.8, 4) is 0 Å². The summed E-state index contributed by atoms with van der Waals surface area (Å²) in [5.74, 6) is 0. The van der Waals surface area contributed by atoms with E-state index in [1.807, 2.05) is 44.2 Å². The summed E-state index contributed by atoms with van der Waals surface area (Å²) in [6.45, 7) is 4.54. The summed E-state index contributed by atoms with van der Waals surface area (Å²) in [6, 6.07) is 9.66. The van der Waals surface area contributed by atoms with Gasteiger partial charge in [-0.3, -0.25) is 4.98 Å². The van der Waals surface area contributed by atoms with Gasteiger partial charge in [0.15, 0.2) is 0 Å². The highest BCUT2D eigenvalue weighted by molar-refractivity contribution is 7.80. The number of halogens is 1. The normalized spacial score (nSPS) is 10.3. The lowest BCUT2D eigenvalue weighted by atomic mass is 10.1. The summed E-state index contributed by atoms with van der Waals surface area (Å²) in [5.41, 5.74) is 10.4. The van der Waals surface area contributed by atoms with Crippen molar-refractivity contribution in [1.82, 2.24) is 4.98 Å². The van der Waals surface area contributed by atoms with Crippen LogP contribution in [0.3, 0.4) is 0 Å².